The highest BCUT2D eigenvalue weighted by atomic mass is 16.6. The van der Waals surface area contributed by atoms with Gasteiger partial charge in [-0.05, 0) is 45.6 Å². The highest BCUT2D eigenvalue weighted by Gasteiger charge is 2.46. The molecule has 0 fully saturated rings. The van der Waals surface area contributed by atoms with Crippen LogP contribution in [0.3, 0.4) is 0 Å². The van der Waals surface area contributed by atoms with Crippen LogP contribution in [0.2, 0.25) is 0 Å². The summed E-state index contributed by atoms with van der Waals surface area (Å²) in [7, 11) is 2.28. The standard InChI is InChI=1S/C22H32N2O8/c1-21(2,3)32-19(27)22(23,18(26)30-5)13-9-12-16(17(25)29-4)24-20(28)31-14-15-10-7-6-8-11-15/h6-8,10-11,16H,9,12-14,23H2,1-5H3,(H,24,28)/t16-,22+/m0/s1. The molecule has 0 aliphatic rings. The number of rotatable bonds is 10. The van der Waals surface area contributed by atoms with E-state index in [0.717, 1.165) is 12.7 Å². The Morgan fingerprint density at radius 3 is 2.16 bits per heavy atom. The van der Waals surface area contributed by atoms with Gasteiger partial charge in [0.1, 0.15) is 18.2 Å². The number of benzene rings is 1. The van der Waals surface area contributed by atoms with E-state index in [1.165, 1.54) is 7.11 Å². The summed E-state index contributed by atoms with van der Waals surface area (Å²) in [6, 6.07) is 7.95. The number of hydrogen-bond acceptors (Lipinski definition) is 9. The maximum absolute atomic E-state index is 12.5. The molecule has 1 aromatic carbocycles. The van der Waals surface area contributed by atoms with Gasteiger partial charge in [-0.2, -0.15) is 0 Å². The Balaban J connectivity index is 2.75. The molecule has 0 aliphatic heterocycles. The lowest BCUT2D eigenvalue weighted by Crippen LogP contribution is -2.57. The van der Waals surface area contributed by atoms with Gasteiger partial charge in [0, 0.05) is 0 Å². The predicted molar refractivity (Wildman–Crippen MR) is 114 cm³/mol. The number of esters is 3. The molecule has 0 unspecified atom stereocenters. The average molecular weight is 453 g/mol. The Morgan fingerprint density at radius 2 is 1.62 bits per heavy atom. The van der Waals surface area contributed by atoms with Crippen molar-refractivity contribution < 1.29 is 38.1 Å². The molecule has 2 atom stereocenters. The number of carbonyl (C=O) groups excluding carboxylic acids is 4. The molecule has 0 bridgehead atoms. The minimum atomic E-state index is -2.06. The Hall–Kier alpha value is -3.14. The smallest absolute Gasteiger partial charge is 0.408 e. The molecule has 0 aromatic heterocycles. The molecule has 0 saturated carbocycles. The third-order valence-electron chi connectivity index (χ3n) is 4.37. The van der Waals surface area contributed by atoms with Gasteiger partial charge >= 0.3 is 24.0 Å². The molecule has 178 valence electrons. The fourth-order valence-corrected chi connectivity index (χ4v) is 2.72. The Kier molecular flexibility index (Phi) is 10.1. The van der Waals surface area contributed by atoms with Crippen molar-refractivity contribution in [2.75, 3.05) is 14.2 Å². The molecule has 10 nitrogen and oxygen atoms in total. The molecule has 0 heterocycles. The molecule has 0 radical (unpaired) electrons. The van der Waals surface area contributed by atoms with Crippen LogP contribution in [-0.4, -0.2) is 55.4 Å². The number of ether oxygens (including phenoxy) is 4. The van der Waals surface area contributed by atoms with Crippen molar-refractivity contribution >= 4 is 24.0 Å². The summed E-state index contributed by atoms with van der Waals surface area (Å²) in [5.41, 5.74) is 3.89. The zero-order valence-electron chi connectivity index (χ0n) is 19.1. The first-order valence-corrected chi connectivity index (χ1v) is 10.1. The van der Waals surface area contributed by atoms with Gasteiger partial charge in [-0.1, -0.05) is 30.3 Å². The molecule has 1 aromatic rings. The van der Waals surface area contributed by atoms with Crippen LogP contribution in [-0.2, 0) is 39.9 Å². The fourth-order valence-electron chi connectivity index (χ4n) is 2.72. The van der Waals surface area contributed by atoms with Gasteiger partial charge in [-0.15, -0.1) is 0 Å². The maximum Gasteiger partial charge on any atom is 0.408 e. The largest absolute Gasteiger partial charge is 0.467 e. The first-order valence-electron chi connectivity index (χ1n) is 10.1. The highest BCUT2D eigenvalue weighted by molar-refractivity contribution is 6.04. The topological polar surface area (TPSA) is 143 Å². The van der Waals surface area contributed by atoms with Crippen LogP contribution in [0.25, 0.3) is 0 Å². The van der Waals surface area contributed by atoms with Gasteiger partial charge in [0.05, 0.1) is 14.2 Å². The first-order chi connectivity index (χ1) is 14.9. The summed E-state index contributed by atoms with van der Waals surface area (Å²) >= 11 is 0. The predicted octanol–water partition coefficient (Wildman–Crippen LogP) is 1.84. The molecule has 32 heavy (non-hydrogen) atoms. The van der Waals surface area contributed by atoms with Crippen LogP contribution >= 0.6 is 0 Å². The van der Waals surface area contributed by atoms with Gasteiger partial charge in [0.2, 0.25) is 5.54 Å². The summed E-state index contributed by atoms with van der Waals surface area (Å²) in [5, 5.41) is 2.43. The minimum Gasteiger partial charge on any atom is -0.467 e. The Bertz CT molecular complexity index is 791. The van der Waals surface area contributed by atoms with Crippen molar-refractivity contribution in [2.45, 2.75) is 63.8 Å². The minimum absolute atomic E-state index is 0.0213. The third kappa shape index (κ3) is 8.54. The molecule has 1 rings (SSSR count). The SMILES string of the molecule is COC(=O)[C@H](CCC[C@@](N)(C(=O)OC)C(=O)OC(C)(C)C)NC(=O)OCc1ccccc1. The van der Waals surface area contributed by atoms with Crippen molar-refractivity contribution in [1.29, 1.82) is 0 Å². The van der Waals surface area contributed by atoms with E-state index in [0.29, 0.717) is 0 Å². The second kappa shape index (κ2) is 12.0. The molecule has 3 N–H and O–H groups in total. The quantitative estimate of drug-likeness (QED) is 0.309. The fraction of sp³-hybridized carbons (Fsp3) is 0.545. The second-order valence-electron chi connectivity index (χ2n) is 8.14. The zero-order valence-corrected chi connectivity index (χ0v) is 19.1. The summed E-state index contributed by atoms with van der Waals surface area (Å²) < 4.78 is 19.7. The van der Waals surface area contributed by atoms with Gasteiger partial charge in [-0.25, -0.2) is 19.2 Å². The van der Waals surface area contributed by atoms with E-state index in [4.69, 9.17) is 19.9 Å². The van der Waals surface area contributed by atoms with Crippen molar-refractivity contribution in [3.63, 3.8) is 0 Å². The number of nitrogens with two attached hydrogens (primary N) is 1. The van der Waals surface area contributed by atoms with Gasteiger partial charge in [0.15, 0.2) is 0 Å². The Morgan fingerprint density at radius 1 is 1.00 bits per heavy atom. The molecule has 0 saturated heterocycles. The van der Waals surface area contributed by atoms with Crippen LogP contribution in [0, 0.1) is 0 Å². The molecule has 1 amide bonds. The van der Waals surface area contributed by atoms with Crippen LogP contribution in [0.1, 0.15) is 45.6 Å². The second-order valence-corrected chi connectivity index (χ2v) is 8.14. The van der Waals surface area contributed by atoms with Crippen LogP contribution in [0.4, 0.5) is 4.79 Å². The first kappa shape index (κ1) is 26.9. The monoisotopic (exact) mass is 452 g/mol. The lowest BCUT2D eigenvalue weighted by Gasteiger charge is -2.29. The summed E-state index contributed by atoms with van der Waals surface area (Å²) in [4.78, 5) is 48.9. The van der Waals surface area contributed by atoms with Gasteiger partial charge < -0.3 is 30.0 Å². The van der Waals surface area contributed by atoms with Crippen molar-refractivity contribution in [2.24, 2.45) is 5.73 Å². The molecule has 10 heteroatoms. The number of hydrogen-bond donors (Lipinski definition) is 2. The highest BCUT2D eigenvalue weighted by Crippen LogP contribution is 2.20. The number of alkyl carbamates (subject to hydrolysis) is 1. The lowest BCUT2D eigenvalue weighted by molar-refractivity contribution is -0.170. The third-order valence-corrected chi connectivity index (χ3v) is 4.37. The van der Waals surface area contributed by atoms with Gasteiger partial charge in [0.25, 0.3) is 0 Å². The zero-order chi connectivity index (χ0) is 24.4. The molecule has 0 spiro atoms. The normalized spacial score (nSPS) is 13.8. The van der Waals surface area contributed by atoms with E-state index in [2.05, 4.69) is 10.1 Å². The maximum atomic E-state index is 12.5. The van der Waals surface area contributed by atoms with Gasteiger partial charge in [-0.3, -0.25) is 0 Å². The van der Waals surface area contributed by atoms with E-state index < -0.39 is 41.2 Å². The molecular weight excluding hydrogens is 420 g/mol. The van der Waals surface area contributed by atoms with E-state index in [1.807, 2.05) is 6.07 Å². The number of nitrogens with one attached hydrogen (secondary N) is 1. The summed E-state index contributed by atoms with van der Waals surface area (Å²) in [6.07, 6.45) is -0.860. The van der Waals surface area contributed by atoms with Crippen LogP contribution in [0.5, 0.6) is 0 Å². The van der Waals surface area contributed by atoms with Crippen LogP contribution in [0.15, 0.2) is 30.3 Å². The summed E-state index contributed by atoms with van der Waals surface area (Å²) in [5.74, 6) is -2.61. The van der Waals surface area contributed by atoms with Crippen molar-refractivity contribution in [1.82, 2.24) is 5.32 Å². The number of carbonyl (C=O) groups is 4. The van der Waals surface area contributed by atoms with E-state index in [1.54, 1.807) is 45.0 Å². The molecule has 0 aliphatic carbocycles. The van der Waals surface area contributed by atoms with E-state index in [9.17, 15) is 19.2 Å². The average Bonchev–Trinajstić information content (AvgIpc) is 2.75. The Labute approximate surface area is 187 Å². The molecular formula is C22H32N2O8. The number of amides is 1. The van der Waals surface area contributed by atoms with Crippen LogP contribution < -0.4 is 11.1 Å². The van der Waals surface area contributed by atoms with E-state index >= 15 is 0 Å². The van der Waals surface area contributed by atoms with E-state index in [-0.39, 0.29) is 25.9 Å². The summed E-state index contributed by atoms with van der Waals surface area (Å²) in [6.45, 7) is 4.94. The van der Waals surface area contributed by atoms with Crippen molar-refractivity contribution in [3.05, 3.63) is 35.9 Å². The number of methoxy groups -OCH3 is 2. The lowest BCUT2D eigenvalue weighted by atomic mass is 9.92. The van der Waals surface area contributed by atoms with Crippen molar-refractivity contribution in [3.8, 4) is 0 Å².